The second kappa shape index (κ2) is 5.72. The van der Waals surface area contributed by atoms with Gasteiger partial charge in [-0.1, -0.05) is 28.1 Å². The number of nitrogens with one attached hydrogen (secondary N) is 1. The zero-order valence-electron chi connectivity index (χ0n) is 10.4. The first kappa shape index (κ1) is 14.0. The lowest BCUT2D eigenvalue weighted by atomic mass is 10.1. The Balaban J connectivity index is 1.99. The van der Waals surface area contributed by atoms with Crippen LogP contribution in [-0.4, -0.2) is 26.0 Å². The first-order valence-electron chi connectivity index (χ1n) is 6.18. The maximum absolute atomic E-state index is 11.6. The van der Waals surface area contributed by atoms with Crippen LogP contribution in [0, 0.1) is 0 Å². The van der Waals surface area contributed by atoms with Gasteiger partial charge < -0.3 is 5.32 Å². The Kier molecular flexibility index (Phi) is 4.45. The quantitative estimate of drug-likeness (QED) is 0.926. The molecule has 1 fully saturated rings. The first-order chi connectivity index (χ1) is 8.46. The van der Waals surface area contributed by atoms with Crippen molar-refractivity contribution in [3.8, 4) is 0 Å². The minimum Gasteiger partial charge on any atom is -0.306 e. The molecule has 0 aromatic heterocycles. The van der Waals surface area contributed by atoms with E-state index in [-0.39, 0.29) is 17.8 Å². The third-order valence-corrected chi connectivity index (χ3v) is 5.67. The summed E-state index contributed by atoms with van der Waals surface area (Å²) in [6.45, 7) is 2.07. The number of hydrogen-bond acceptors (Lipinski definition) is 3. The topological polar surface area (TPSA) is 46.2 Å². The van der Waals surface area contributed by atoms with Gasteiger partial charge in [0.05, 0.1) is 11.5 Å². The molecule has 0 spiro atoms. The van der Waals surface area contributed by atoms with Crippen LogP contribution < -0.4 is 5.32 Å². The van der Waals surface area contributed by atoms with E-state index in [9.17, 15) is 8.42 Å². The SMILES string of the molecule is C[C@H](NC1CCCS(=O)(=O)C1)c1ccc(Br)cc1. The van der Waals surface area contributed by atoms with Gasteiger partial charge in [-0.25, -0.2) is 8.42 Å². The fourth-order valence-electron chi connectivity index (χ4n) is 2.36. The molecule has 1 unspecified atom stereocenters. The predicted molar refractivity (Wildman–Crippen MR) is 77.4 cm³/mol. The molecule has 0 bridgehead atoms. The number of benzene rings is 1. The van der Waals surface area contributed by atoms with Crippen LogP contribution in [0.3, 0.4) is 0 Å². The van der Waals surface area contributed by atoms with Crippen molar-refractivity contribution in [1.29, 1.82) is 0 Å². The summed E-state index contributed by atoms with van der Waals surface area (Å²) in [5.74, 6) is 0.617. The molecule has 1 N–H and O–H groups in total. The molecule has 0 amide bonds. The van der Waals surface area contributed by atoms with Gasteiger partial charge in [0.2, 0.25) is 0 Å². The molecule has 1 saturated heterocycles. The normalized spacial score (nSPS) is 24.7. The molecule has 2 rings (SSSR count). The number of halogens is 1. The van der Waals surface area contributed by atoms with Gasteiger partial charge in [0.1, 0.15) is 0 Å². The van der Waals surface area contributed by atoms with E-state index in [2.05, 4.69) is 40.3 Å². The van der Waals surface area contributed by atoms with E-state index in [1.165, 1.54) is 5.56 Å². The molecule has 1 aliphatic rings. The minimum atomic E-state index is -2.84. The monoisotopic (exact) mass is 331 g/mol. The standard InChI is InChI=1S/C13H18BrNO2S/c1-10(11-4-6-12(14)7-5-11)15-13-3-2-8-18(16,17)9-13/h4-7,10,13,15H,2-3,8-9H2,1H3/t10-,13?/m0/s1. The highest BCUT2D eigenvalue weighted by molar-refractivity contribution is 9.10. The van der Waals surface area contributed by atoms with E-state index in [4.69, 9.17) is 0 Å². The van der Waals surface area contributed by atoms with Crippen molar-refractivity contribution >= 4 is 25.8 Å². The van der Waals surface area contributed by atoms with Gasteiger partial charge in [0.15, 0.2) is 9.84 Å². The third-order valence-electron chi connectivity index (χ3n) is 3.32. The van der Waals surface area contributed by atoms with E-state index >= 15 is 0 Å². The molecular weight excluding hydrogens is 314 g/mol. The average Bonchev–Trinajstić information content (AvgIpc) is 2.28. The van der Waals surface area contributed by atoms with Crippen LogP contribution in [0.15, 0.2) is 28.7 Å². The summed E-state index contributed by atoms with van der Waals surface area (Å²) in [6.07, 6.45) is 1.72. The molecule has 3 nitrogen and oxygen atoms in total. The van der Waals surface area contributed by atoms with Gasteiger partial charge in [-0.05, 0) is 37.5 Å². The fourth-order valence-corrected chi connectivity index (χ4v) is 4.27. The summed E-state index contributed by atoms with van der Waals surface area (Å²) in [4.78, 5) is 0. The summed E-state index contributed by atoms with van der Waals surface area (Å²) < 4.78 is 24.2. The Hall–Kier alpha value is -0.390. The zero-order valence-corrected chi connectivity index (χ0v) is 12.8. The van der Waals surface area contributed by atoms with Crippen molar-refractivity contribution in [2.75, 3.05) is 11.5 Å². The highest BCUT2D eigenvalue weighted by Gasteiger charge is 2.25. The van der Waals surface area contributed by atoms with Crippen molar-refractivity contribution < 1.29 is 8.42 Å². The maximum Gasteiger partial charge on any atom is 0.151 e. The lowest BCUT2D eigenvalue weighted by Gasteiger charge is -2.26. The van der Waals surface area contributed by atoms with Gasteiger partial charge in [0.25, 0.3) is 0 Å². The molecule has 1 aromatic carbocycles. The molecule has 1 heterocycles. The molecule has 0 radical (unpaired) electrons. The Morgan fingerprint density at radius 2 is 2.00 bits per heavy atom. The van der Waals surface area contributed by atoms with Crippen LogP contribution in [0.4, 0.5) is 0 Å². The fraction of sp³-hybridized carbons (Fsp3) is 0.538. The minimum absolute atomic E-state index is 0.0856. The lowest BCUT2D eigenvalue weighted by Crippen LogP contribution is -2.41. The summed E-state index contributed by atoms with van der Waals surface area (Å²) in [5.41, 5.74) is 1.18. The molecule has 2 atom stereocenters. The Labute approximate surface area is 117 Å². The van der Waals surface area contributed by atoms with Crippen LogP contribution in [-0.2, 0) is 9.84 Å². The second-order valence-electron chi connectivity index (χ2n) is 4.89. The van der Waals surface area contributed by atoms with Crippen molar-refractivity contribution in [3.05, 3.63) is 34.3 Å². The van der Waals surface area contributed by atoms with Gasteiger partial charge >= 0.3 is 0 Å². The first-order valence-corrected chi connectivity index (χ1v) is 8.80. The van der Waals surface area contributed by atoms with E-state index in [0.29, 0.717) is 5.75 Å². The van der Waals surface area contributed by atoms with E-state index in [0.717, 1.165) is 17.3 Å². The molecule has 5 heteroatoms. The van der Waals surface area contributed by atoms with E-state index in [1.54, 1.807) is 0 Å². The highest BCUT2D eigenvalue weighted by Crippen LogP contribution is 2.19. The molecule has 1 aromatic rings. The largest absolute Gasteiger partial charge is 0.306 e. The summed E-state index contributed by atoms with van der Waals surface area (Å²) in [6, 6.07) is 8.38. The van der Waals surface area contributed by atoms with Crippen molar-refractivity contribution in [3.63, 3.8) is 0 Å². The average molecular weight is 332 g/mol. The Morgan fingerprint density at radius 3 is 2.61 bits per heavy atom. The summed E-state index contributed by atoms with van der Waals surface area (Å²) in [5, 5.41) is 3.42. The predicted octanol–water partition coefficient (Wildman–Crippen LogP) is 2.68. The van der Waals surface area contributed by atoms with Crippen LogP contribution >= 0.6 is 15.9 Å². The molecular formula is C13H18BrNO2S. The van der Waals surface area contributed by atoms with Crippen molar-refractivity contribution in [1.82, 2.24) is 5.32 Å². The van der Waals surface area contributed by atoms with Gasteiger partial charge in [0, 0.05) is 16.6 Å². The Bertz CT molecular complexity index is 498. The van der Waals surface area contributed by atoms with Gasteiger partial charge in [-0.15, -0.1) is 0 Å². The number of hydrogen-bond donors (Lipinski definition) is 1. The maximum atomic E-state index is 11.6. The van der Waals surface area contributed by atoms with Gasteiger partial charge in [-0.3, -0.25) is 0 Å². The number of rotatable bonds is 3. The molecule has 100 valence electrons. The second-order valence-corrected chi connectivity index (χ2v) is 8.04. The van der Waals surface area contributed by atoms with Crippen molar-refractivity contribution in [2.24, 2.45) is 0 Å². The van der Waals surface area contributed by atoms with Crippen molar-refractivity contribution in [2.45, 2.75) is 31.8 Å². The van der Waals surface area contributed by atoms with Gasteiger partial charge in [-0.2, -0.15) is 0 Å². The van der Waals surface area contributed by atoms with Crippen LogP contribution in [0.5, 0.6) is 0 Å². The summed E-state index contributed by atoms with van der Waals surface area (Å²) >= 11 is 3.41. The third kappa shape index (κ3) is 3.80. The molecule has 0 saturated carbocycles. The lowest BCUT2D eigenvalue weighted by molar-refractivity contribution is 0.437. The molecule has 18 heavy (non-hydrogen) atoms. The smallest absolute Gasteiger partial charge is 0.151 e. The van der Waals surface area contributed by atoms with E-state index in [1.807, 2.05) is 12.1 Å². The molecule has 0 aliphatic carbocycles. The number of sulfone groups is 1. The van der Waals surface area contributed by atoms with Crippen LogP contribution in [0.25, 0.3) is 0 Å². The molecule has 1 aliphatic heterocycles. The highest BCUT2D eigenvalue weighted by atomic mass is 79.9. The van der Waals surface area contributed by atoms with Crippen LogP contribution in [0.2, 0.25) is 0 Å². The zero-order chi connectivity index (χ0) is 13.2. The summed E-state index contributed by atoms with van der Waals surface area (Å²) in [7, 11) is -2.84. The van der Waals surface area contributed by atoms with E-state index < -0.39 is 9.84 Å². The van der Waals surface area contributed by atoms with Crippen LogP contribution in [0.1, 0.15) is 31.4 Å². The Morgan fingerprint density at radius 1 is 1.33 bits per heavy atom.